The average Bonchev–Trinajstić information content (AvgIpc) is 3.09. The molecule has 2 atom stereocenters. The van der Waals surface area contributed by atoms with Gasteiger partial charge in [0.05, 0.1) is 24.9 Å². The molecule has 2 aromatic heterocycles. The van der Waals surface area contributed by atoms with E-state index in [-0.39, 0.29) is 29.7 Å². The fraction of sp³-hybridized carbons (Fsp3) is 0.318. The van der Waals surface area contributed by atoms with Crippen LogP contribution < -0.4 is 10.9 Å². The third-order valence-corrected chi connectivity index (χ3v) is 5.43. The van der Waals surface area contributed by atoms with E-state index in [9.17, 15) is 9.59 Å². The molecule has 2 saturated heterocycles. The van der Waals surface area contributed by atoms with Crippen molar-refractivity contribution in [2.45, 2.75) is 18.2 Å². The summed E-state index contributed by atoms with van der Waals surface area (Å²) >= 11 is 0. The Morgan fingerprint density at radius 1 is 1.07 bits per heavy atom. The van der Waals surface area contributed by atoms with Crippen molar-refractivity contribution in [3.8, 4) is 0 Å². The minimum atomic E-state index is -0.631. The quantitative estimate of drug-likeness (QED) is 0.663. The van der Waals surface area contributed by atoms with Crippen LogP contribution in [0.2, 0.25) is 0 Å². The van der Waals surface area contributed by atoms with Crippen LogP contribution in [0.25, 0.3) is 11.0 Å². The molecule has 0 radical (unpaired) electrons. The number of amides is 1. The fourth-order valence-electron chi connectivity index (χ4n) is 3.91. The Bertz CT molecular complexity index is 1100. The van der Waals surface area contributed by atoms with Crippen molar-refractivity contribution in [1.82, 2.24) is 9.88 Å². The first-order chi connectivity index (χ1) is 14.7. The normalized spacial score (nSPS) is 21.9. The number of anilines is 1. The summed E-state index contributed by atoms with van der Waals surface area (Å²) < 4.78 is 17.4. The molecule has 0 bridgehead atoms. The van der Waals surface area contributed by atoms with E-state index in [4.69, 9.17) is 13.9 Å². The topological polar surface area (TPSA) is 93.9 Å². The van der Waals surface area contributed by atoms with Crippen molar-refractivity contribution in [1.29, 1.82) is 0 Å². The van der Waals surface area contributed by atoms with Gasteiger partial charge in [0, 0.05) is 30.9 Å². The SMILES string of the molecule is O=C(c1cc2ccccc2oc1=O)N1C[C@@H]2OCC(Nc3cccnc3)CO[C@H]2C1. The number of rotatable bonds is 3. The van der Waals surface area contributed by atoms with Crippen LogP contribution >= 0.6 is 0 Å². The molecule has 0 spiro atoms. The van der Waals surface area contributed by atoms with Crippen molar-refractivity contribution in [2.75, 3.05) is 31.6 Å². The number of fused-ring (bicyclic) bond motifs is 2. The van der Waals surface area contributed by atoms with Crippen molar-refractivity contribution in [2.24, 2.45) is 0 Å². The summed E-state index contributed by atoms with van der Waals surface area (Å²) in [7, 11) is 0. The molecule has 0 aliphatic carbocycles. The Balaban J connectivity index is 1.26. The van der Waals surface area contributed by atoms with Crippen molar-refractivity contribution >= 4 is 22.6 Å². The summed E-state index contributed by atoms with van der Waals surface area (Å²) in [5, 5.41) is 4.06. The number of pyridine rings is 1. The highest BCUT2D eigenvalue weighted by atomic mass is 16.6. The lowest BCUT2D eigenvalue weighted by Gasteiger charge is -2.19. The Kier molecular flexibility index (Phi) is 4.94. The number of hydrogen-bond acceptors (Lipinski definition) is 7. The van der Waals surface area contributed by atoms with Gasteiger partial charge < -0.3 is 24.1 Å². The molecule has 1 aromatic carbocycles. The van der Waals surface area contributed by atoms with E-state index in [1.165, 1.54) is 0 Å². The standard InChI is InChI=1S/C22H21N3O5/c26-21(17-8-14-4-1-2-6-18(14)30-22(17)27)25-10-19-20(11-25)29-13-16(12-28-19)24-15-5-3-7-23-9-15/h1-9,16,19-20,24H,10-13H2/t19-,20-/m0/s1. The molecule has 2 fully saturated rings. The second kappa shape index (κ2) is 7.89. The summed E-state index contributed by atoms with van der Waals surface area (Å²) in [6.45, 7) is 1.65. The van der Waals surface area contributed by atoms with E-state index in [2.05, 4.69) is 10.3 Å². The lowest BCUT2D eigenvalue weighted by molar-refractivity contribution is -0.00461. The van der Waals surface area contributed by atoms with Gasteiger partial charge in [-0.1, -0.05) is 18.2 Å². The highest BCUT2D eigenvalue weighted by Gasteiger charge is 2.40. The van der Waals surface area contributed by atoms with Crippen LogP contribution in [0.3, 0.4) is 0 Å². The summed E-state index contributed by atoms with van der Waals surface area (Å²) in [6.07, 6.45) is 3.00. The predicted molar refractivity (Wildman–Crippen MR) is 110 cm³/mol. The number of nitrogens with one attached hydrogen (secondary N) is 1. The highest BCUT2D eigenvalue weighted by Crippen LogP contribution is 2.23. The minimum Gasteiger partial charge on any atom is -0.422 e. The molecule has 0 saturated carbocycles. The number of ether oxygens (including phenoxy) is 2. The molecular formula is C22H21N3O5. The maximum Gasteiger partial charge on any atom is 0.349 e. The Morgan fingerprint density at radius 3 is 2.57 bits per heavy atom. The Hall–Kier alpha value is -3.23. The van der Waals surface area contributed by atoms with E-state index in [1.807, 2.05) is 24.3 Å². The van der Waals surface area contributed by atoms with Gasteiger partial charge in [-0.2, -0.15) is 0 Å². The fourth-order valence-corrected chi connectivity index (χ4v) is 3.91. The zero-order chi connectivity index (χ0) is 20.5. The molecule has 30 heavy (non-hydrogen) atoms. The van der Waals surface area contributed by atoms with Gasteiger partial charge in [0.25, 0.3) is 5.91 Å². The molecule has 2 aliphatic heterocycles. The van der Waals surface area contributed by atoms with Crippen LogP contribution in [0.1, 0.15) is 10.4 Å². The molecule has 4 heterocycles. The molecule has 2 aliphatic rings. The van der Waals surface area contributed by atoms with Gasteiger partial charge in [-0.25, -0.2) is 4.79 Å². The van der Waals surface area contributed by atoms with E-state index in [0.717, 1.165) is 5.69 Å². The second-order valence-electron chi connectivity index (χ2n) is 7.52. The maximum atomic E-state index is 13.0. The van der Waals surface area contributed by atoms with Crippen LogP contribution in [0.15, 0.2) is 64.1 Å². The smallest absolute Gasteiger partial charge is 0.349 e. The summed E-state index contributed by atoms with van der Waals surface area (Å²) in [4.78, 5) is 31.0. The Morgan fingerprint density at radius 2 is 1.83 bits per heavy atom. The monoisotopic (exact) mass is 407 g/mol. The highest BCUT2D eigenvalue weighted by molar-refractivity contribution is 5.96. The molecule has 154 valence electrons. The summed E-state index contributed by atoms with van der Waals surface area (Å²) in [6, 6.07) is 12.5. The van der Waals surface area contributed by atoms with Crippen molar-refractivity contribution in [3.63, 3.8) is 0 Å². The van der Waals surface area contributed by atoms with Gasteiger partial charge in [0.2, 0.25) is 0 Å². The van der Waals surface area contributed by atoms with E-state index in [1.54, 1.807) is 35.5 Å². The first kappa shape index (κ1) is 18.8. The van der Waals surface area contributed by atoms with E-state index < -0.39 is 5.63 Å². The third-order valence-electron chi connectivity index (χ3n) is 5.43. The first-order valence-electron chi connectivity index (χ1n) is 9.89. The number of para-hydroxylation sites is 1. The van der Waals surface area contributed by atoms with Gasteiger partial charge in [-0.05, 0) is 24.3 Å². The lowest BCUT2D eigenvalue weighted by Crippen LogP contribution is -2.35. The van der Waals surface area contributed by atoms with Crippen molar-refractivity contribution in [3.05, 3.63) is 70.8 Å². The van der Waals surface area contributed by atoms with Crippen LogP contribution in [-0.4, -0.2) is 60.3 Å². The van der Waals surface area contributed by atoms with Crippen LogP contribution in [0.4, 0.5) is 5.69 Å². The number of hydrogen-bond donors (Lipinski definition) is 1. The number of carbonyl (C=O) groups excluding carboxylic acids is 1. The maximum absolute atomic E-state index is 13.0. The second-order valence-corrected chi connectivity index (χ2v) is 7.52. The molecule has 1 amide bonds. The zero-order valence-electron chi connectivity index (χ0n) is 16.2. The van der Waals surface area contributed by atoms with Gasteiger partial charge in [-0.3, -0.25) is 9.78 Å². The average molecular weight is 407 g/mol. The summed E-state index contributed by atoms with van der Waals surface area (Å²) in [5.41, 5.74) is 0.765. The van der Waals surface area contributed by atoms with Crippen LogP contribution in [0, 0.1) is 0 Å². The van der Waals surface area contributed by atoms with Gasteiger partial charge >= 0.3 is 5.63 Å². The van der Waals surface area contributed by atoms with Crippen molar-refractivity contribution < 1.29 is 18.7 Å². The zero-order valence-corrected chi connectivity index (χ0v) is 16.2. The number of likely N-dealkylation sites (tertiary alicyclic amines) is 1. The largest absolute Gasteiger partial charge is 0.422 e. The van der Waals surface area contributed by atoms with E-state index >= 15 is 0 Å². The Labute approximate surface area is 172 Å². The van der Waals surface area contributed by atoms with Gasteiger partial charge in [0.1, 0.15) is 23.4 Å². The molecule has 8 heteroatoms. The lowest BCUT2D eigenvalue weighted by atomic mass is 10.1. The number of aromatic nitrogens is 1. The molecule has 8 nitrogen and oxygen atoms in total. The van der Waals surface area contributed by atoms with Crippen LogP contribution in [-0.2, 0) is 9.47 Å². The third kappa shape index (κ3) is 3.67. The molecule has 1 N–H and O–H groups in total. The van der Waals surface area contributed by atoms with Gasteiger partial charge in [-0.15, -0.1) is 0 Å². The molecule has 3 aromatic rings. The number of carbonyl (C=O) groups is 1. The minimum absolute atomic E-state index is 0.00326. The molecule has 5 rings (SSSR count). The number of benzene rings is 1. The first-order valence-corrected chi connectivity index (χ1v) is 9.89. The predicted octanol–water partition coefficient (Wildman–Crippen LogP) is 1.91. The van der Waals surface area contributed by atoms with E-state index in [0.29, 0.717) is 37.3 Å². The number of nitrogens with zero attached hydrogens (tertiary/aromatic N) is 2. The summed E-state index contributed by atoms with van der Waals surface area (Å²) in [5.74, 6) is -0.361. The molecular weight excluding hydrogens is 386 g/mol. The molecule has 0 unspecified atom stereocenters. The van der Waals surface area contributed by atoms with Gasteiger partial charge in [0.15, 0.2) is 0 Å². The van der Waals surface area contributed by atoms with Crippen LogP contribution in [0.5, 0.6) is 0 Å².